The molecule has 3 heterocycles. The molecule has 0 saturated carbocycles. The fourth-order valence-electron chi connectivity index (χ4n) is 1.67. The van der Waals surface area contributed by atoms with Crippen LogP contribution < -0.4 is 11.1 Å². The summed E-state index contributed by atoms with van der Waals surface area (Å²) in [5.74, 6) is 1.31. The monoisotopic (exact) mass is 304 g/mol. The minimum Gasteiger partial charge on any atom is -0.384 e. The van der Waals surface area contributed by atoms with Gasteiger partial charge in [-0.3, -0.25) is 0 Å². The van der Waals surface area contributed by atoms with Crippen molar-refractivity contribution in [2.75, 3.05) is 17.3 Å². The highest BCUT2D eigenvalue weighted by molar-refractivity contribution is 8.00. The molecule has 3 rings (SSSR count). The van der Waals surface area contributed by atoms with Crippen LogP contribution in [0.1, 0.15) is 5.56 Å². The van der Waals surface area contributed by atoms with Gasteiger partial charge in [0, 0.05) is 12.7 Å². The Kier molecular flexibility index (Phi) is 3.66. The van der Waals surface area contributed by atoms with Gasteiger partial charge in [0.05, 0.1) is 0 Å². The van der Waals surface area contributed by atoms with Gasteiger partial charge in [-0.05, 0) is 17.9 Å². The number of aromatic nitrogens is 4. The summed E-state index contributed by atoms with van der Waals surface area (Å²) in [6.07, 6.45) is 5.27. The molecule has 0 fully saturated rings. The summed E-state index contributed by atoms with van der Waals surface area (Å²) in [4.78, 5) is 16.9. The number of hydrogen-bond donors (Lipinski definition) is 2. The van der Waals surface area contributed by atoms with Crippen molar-refractivity contribution in [3.05, 3.63) is 30.2 Å². The third kappa shape index (κ3) is 2.66. The van der Waals surface area contributed by atoms with E-state index in [4.69, 9.17) is 5.73 Å². The van der Waals surface area contributed by atoms with Crippen LogP contribution in [0.4, 0.5) is 11.6 Å². The van der Waals surface area contributed by atoms with Crippen LogP contribution >= 0.6 is 23.1 Å². The van der Waals surface area contributed by atoms with Crippen LogP contribution in [0.5, 0.6) is 0 Å². The zero-order chi connectivity index (χ0) is 13.9. The van der Waals surface area contributed by atoms with Crippen molar-refractivity contribution in [2.24, 2.45) is 0 Å². The summed E-state index contributed by atoms with van der Waals surface area (Å²) in [7, 11) is 0. The van der Waals surface area contributed by atoms with Crippen LogP contribution in [0, 0.1) is 0 Å². The maximum atomic E-state index is 5.57. The van der Waals surface area contributed by atoms with Gasteiger partial charge in [-0.25, -0.2) is 19.9 Å². The molecule has 3 aromatic rings. The summed E-state index contributed by atoms with van der Waals surface area (Å²) in [6, 6.07) is 3.72. The molecule has 0 unspecified atom stereocenters. The van der Waals surface area contributed by atoms with E-state index in [1.807, 2.05) is 12.3 Å². The molecule has 3 aromatic heterocycles. The van der Waals surface area contributed by atoms with Crippen LogP contribution in [0.25, 0.3) is 10.3 Å². The molecule has 0 aliphatic heterocycles. The zero-order valence-corrected chi connectivity index (χ0v) is 12.3. The topological polar surface area (TPSA) is 89.6 Å². The number of nitrogens with two attached hydrogens (primary N) is 1. The third-order valence-electron chi connectivity index (χ3n) is 2.65. The summed E-state index contributed by atoms with van der Waals surface area (Å²) in [5, 5.41) is 3.29. The molecule has 102 valence electrons. The quantitative estimate of drug-likeness (QED) is 0.715. The number of pyridine rings is 1. The average molecular weight is 304 g/mol. The minimum atomic E-state index is 0.519. The Labute approximate surface area is 123 Å². The van der Waals surface area contributed by atoms with E-state index < -0.39 is 0 Å². The number of hydrogen-bond acceptors (Lipinski definition) is 8. The van der Waals surface area contributed by atoms with Crippen LogP contribution in [-0.2, 0) is 6.54 Å². The second-order valence-corrected chi connectivity index (χ2v) is 6.06. The number of nitrogens with zero attached hydrogens (tertiary/aromatic N) is 4. The SMILES string of the molecule is CSc1nc2ncnc(NCc3ccc(N)nc3)c2s1. The first-order valence-electron chi connectivity index (χ1n) is 5.86. The Bertz CT molecular complexity index is 724. The standard InChI is InChI=1S/C12H12N6S2/c1-19-12-18-11-9(20-12)10(16-6-17-11)15-5-7-2-3-8(13)14-4-7/h2-4,6H,5H2,1H3,(H2,13,14)(H,15,16,17). The molecule has 0 bridgehead atoms. The van der Waals surface area contributed by atoms with Crippen molar-refractivity contribution in [3.63, 3.8) is 0 Å². The number of anilines is 2. The molecule has 3 N–H and O–H groups in total. The van der Waals surface area contributed by atoms with E-state index in [2.05, 4.69) is 25.3 Å². The number of fused-ring (bicyclic) bond motifs is 1. The van der Waals surface area contributed by atoms with Crippen LogP contribution in [0.15, 0.2) is 29.0 Å². The van der Waals surface area contributed by atoms with E-state index >= 15 is 0 Å². The van der Waals surface area contributed by atoms with Crippen molar-refractivity contribution in [2.45, 2.75) is 10.9 Å². The summed E-state index contributed by atoms with van der Waals surface area (Å²) in [6.45, 7) is 0.631. The molecule has 0 atom stereocenters. The van der Waals surface area contributed by atoms with Crippen molar-refractivity contribution in [1.29, 1.82) is 0 Å². The van der Waals surface area contributed by atoms with Gasteiger partial charge in [0.1, 0.15) is 22.7 Å². The number of nitrogens with one attached hydrogen (secondary N) is 1. The molecule has 8 heteroatoms. The van der Waals surface area contributed by atoms with E-state index in [1.165, 1.54) is 6.33 Å². The number of thioether (sulfide) groups is 1. The lowest BCUT2D eigenvalue weighted by molar-refractivity contribution is 1.08. The van der Waals surface area contributed by atoms with E-state index in [0.29, 0.717) is 12.4 Å². The molecule has 0 spiro atoms. The van der Waals surface area contributed by atoms with Crippen molar-refractivity contribution in [3.8, 4) is 0 Å². The highest BCUT2D eigenvalue weighted by Gasteiger charge is 2.09. The maximum absolute atomic E-state index is 5.57. The molecular formula is C12H12N6S2. The summed E-state index contributed by atoms with van der Waals surface area (Å²) in [5.41, 5.74) is 7.34. The average Bonchev–Trinajstić information content (AvgIpc) is 2.90. The number of rotatable bonds is 4. The van der Waals surface area contributed by atoms with Gasteiger partial charge in [0.15, 0.2) is 9.99 Å². The van der Waals surface area contributed by atoms with Gasteiger partial charge in [-0.1, -0.05) is 17.8 Å². The Morgan fingerprint density at radius 2 is 2.20 bits per heavy atom. The molecule has 0 aliphatic carbocycles. The van der Waals surface area contributed by atoms with Gasteiger partial charge in [0.25, 0.3) is 0 Å². The van der Waals surface area contributed by atoms with E-state index in [-0.39, 0.29) is 0 Å². The third-order valence-corrected chi connectivity index (χ3v) is 4.69. The fraction of sp³-hybridized carbons (Fsp3) is 0.167. The smallest absolute Gasteiger partial charge is 0.176 e. The van der Waals surface area contributed by atoms with E-state index in [1.54, 1.807) is 35.4 Å². The molecule has 0 radical (unpaired) electrons. The largest absolute Gasteiger partial charge is 0.384 e. The lowest BCUT2D eigenvalue weighted by atomic mass is 10.3. The minimum absolute atomic E-state index is 0.519. The molecule has 0 aliphatic rings. The second-order valence-electron chi connectivity index (χ2n) is 4.00. The highest BCUT2D eigenvalue weighted by atomic mass is 32.2. The van der Waals surface area contributed by atoms with E-state index in [9.17, 15) is 0 Å². The lowest BCUT2D eigenvalue weighted by Crippen LogP contribution is -2.02. The fourth-order valence-corrected chi connectivity index (χ4v) is 3.15. The van der Waals surface area contributed by atoms with Gasteiger partial charge in [0.2, 0.25) is 0 Å². The lowest BCUT2D eigenvalue weighted by Gasteiger charge is -2.05. The van der Waals surface area contributed by atoms with Crippen molar-refractivity contribution >= 4 is 45.1 Å². The molecule has 0 aromatic carbocycles. The van der Waals surface area contributed by atoms with Crippen molar-refractivity contribution in [1.82, 2.24) is 19.9 Å². The van der Waals surface area contributed by atoms with Gasteiger partial charge in [-0.15, -0.1) is 11.3 Å². The first kappa shape index (κ1) is 13.1. The number of thiazole rings is 1. The molecule has 20 heavy (non-hydrogen) atoms. The van der Waals surface area contributed by atoms with Crippen LogP contribution in [0.2, 0.25) is 0 Å². The van der Waals surface area contributed by atoms with Crippen molar-refractivity contribution < 1.29 is 0 Å². The predicted molar refractivity (Wildman–Crippen MR) is 83.0 cm³/mol. The molecular weight excluding hydrogens is 292 g/mol. The van der Waals surface area contributed by atoms with E-state index in [0.717, 1.165) is 26.1 Å². The second kappa shape index (κ2) is 5.59. The van der Waals surface area contributed by atoms with Gasteiger partial charge in [-0.2, -0.15) is 0 Å². The van der Waals surface area contributed by atoms with Gasteiger partial charge >= 0.3 is 0 Å². The Morgan fingerprint density at radius 3 is 2.95 bits per heavy atom. The maximum Gasteiger partial charge on any atom is 0.176 e. The number of nitrogen functional groups attached to an aromatic ring is 1. The highest BCUT2D eigenvalue weighted by Crippen LogP contribution is 2.30. The molecule has 6 nitrogen and oxygen atoms in total. The first-order chi connectivity index (χ1) is 9.76. The van der Waals surface area contributed by atoms with Gasteiger partial charge < -0.3 is 11.1 Å². The Hall–Kier alpha value is -1.93. The molecule has 0 saturated heterocycles. The summed E-state index contributed by atoms with van der Waals surface area (Å²) < 4.78 is 1.96. The normalized spacial score (nSPS) is 10.8. The molecule has 0 amide bonds. The van der Waals surface area contributed by atoms with Crippen LogP contribution in [0.3, 0.4) is 0 Å². The first-order valence-corrected chi connectivity index (χ1v) is 7.90. The summed E-state index contributed by atoms with van der Waals surface area (Å²) >= 11 is 3.20. The van der Waals surface area contributed by atoms with Crippen LogP contribution in [-0.4, -0.2) is 26.2 Å². The Balaban J connectivity index is 1.83. The Morgan fingerprint density at radius 1 is 1.30 bits per heavy atom. The predicted octanol–water partition coefficient (Wildman–Crippen LogP) is 2.40. The zero-order valence-electron chi connectivity index (χ0n) is 10.7.